The van der Waals surface area contributed by atoms with Crippen LogP contribution < -0.4 is 10.1 Å². The molecule has 1 aromatic heterocycles. The number of ether oxygens (including phenoxy) is 1. The van der Waals surface area contributed by atoms with Gasteiger partial charge < -0.3 is 10.1 Å². The second kappa shape index (κ2) is 10.0. The highest BCUT2D eigenvalue weighted by molar-refractivity contribution is 7.39. The van der Waals surface area contributed by atoms with Gasteiger partial charge in [-0.1, -0.05) is 17.7 Å². The molecule has 2 aromatic rings. The van der Waals surface area contributed by atoms with Crippen LogP contribution in [0, 0.1) is 0 Å². The summed E-state index contributed by atoms with van der Waals surface area (Å²) in [6, 6.07) is 5.32. The second-order valence-corrected chi connectivity index (χ2v) is 7.56. The molecule has 0 aliphatic heterocycles. The Morgan fingerprint density at radius 1 is 1.32 bits per heavy atom. The third-order valence-corrected chi connectivity index (χ3v) is 4.94. The van der Waals surface area contributed by atoms with Gasteiger partial charge in [-0.3, -0.25) is 0 Å². The number of aryl methyl sites for hydroxylation is 1. The number of alkyl halides is 3. The van der Waals surface area contributed by atoms with Crippen molar-refractivity contribution in [2.24, 2.45) is 0 Å². The summed E-state index contributed by atoms with van der Waals surface area (Å²) in [5.41, 5.74) is 0.338. The van der Waals surface area contributed by atoms with E-state index in [4.69, 9.17) is 20.9 Å². The van der Waals surface area contributed by atoms with Gasteiger partial charge in [-0.2, -0.15) is 13.2 Å². The van der Waals surface area contributed by atoms with Crippen molar-refractivity contribution in [2.75, 3.05) is 25.2 Å². The number of benzene rings is 1. The average Bonchev–Trinajstić information content (AvgIpc) is 2.64. The van der Waals surface area contributed by atoms with E-state index in [1.54, 1.807) is 19.1 Å². The molecule has 0 amide bonds. The average molecular weight is 437 g/mol. The standard InChI is InChI=1S/C17H19ClF3N3O3P/c1-3-28(25)27-8-4-5-11-6-7-13(14(9-11)26-2)23-16-22-10-12(15(18)24-16)17(19,20)21/h6-7,9-10H,3-5,8H2,1-2H3,(H,22,23,24)/q+1. The van der Waals surface area contributed by atoms with Gasteiger partial charge in [-0.15, -0.1) is 4.52 Å². The summed E-state index contributed by atoms with van der Waals surface area (Å²) in [4.78, 5) is 7.30. The Labute approximate surface area is 166 Å². The number of nitrogens with zero attached hydrogens (tertiary/aromatic N) is 2. The molecule has 1 N–H and O–H groups in total. The van der Waals surface area contributed by atoms with Crippen molar-refractivity contribution >= 4 is 31.3 Å². The van der Waals surface area contributed by atoms with Crippen molar-refractivity contribution in [1.82, 2.24) is 9.97 Å². The maximum Gasteiger partial charge on any atom is 0.507 e. The molecule has 0 radical (unpaired) electrons. The van der Waals surface area contributed by atoms with Gasteiger partial charge in [-0.05, 0) is 42.0 Å². The molecule has 1 heterocycles. The van der Waals surface area contributed by atoms with E-state index in [1.165, 1.54) is 7.11 Å². The van der Waals surface area contributed by atoms with Crippen LogP contribution in [-0.2, 0) is 21.7 Å². The molecule has 0 spiro atoms. The van der Waals surface area contributed by atoms with Crippen LogP contribution >= 0.6 is 19.6 Å². The molecule has 1 unspecified atom stereocenters. The van der Waals surface area contributed by atoms with Crippen molar-refractivity contribution in [3.05, 3.63) is 40.7 Å². The van der Waals surface area contributed by atoms with Crippen LogP contribution in [0.15, 0.2) is 24.4 Å². The number of methoxy groups -OCH3 is 1. The molecule has 1 aromatic carbocycles. The fraction of sp³-hybridized carbons (Fsp3) is 0.412. The van der Waals surface area contributed by atoms with E-state index >= 15 is 0 Å². The quantitative estimate of drug-likeness (QED) is 0.313. The molecule has 0 aliphatic rings. The van der Waals surface area contributed by atoms with E-state index in [-0.39, 0.29) is 5.95 Å². The van der Waals surface area contributed by atoms with Gasteiger partial charge in [0.2, 0.25) is 5.95 Å². The van der Waals surface area contributed by atoms with Gasteiger partial charge >= 0.3 is 14.2 Å². The number of aromatic nitrogens is 2. The molecule has 0 fully saturated rings. The Kier molecular flexibility index (Phi) is 7.98. The summed E-state index contributed by atoms with van der Waals surface area (Å²) < 4.78 is 59.9. The summed E-state index contributed by atoms with van der Waals surface area (Å²) >= 11 is 5.61. The van der Waals surface area contributed by atoms with Gasteiger partial charge in [0, 0.05) is 6.20 Å². The van der Waals surface area contributed by atoms with E-state index < -0.39 is 24.9 Å². The number of anilines is 2. The summed E-state index contributed by atoms with van der Waals surface area (Å²) in [7, 11) is -0.122. The van der Waals surface area contributed by atoms with Gasteiger partial charge in [0.1, 0.15) is 23.1 Å². The summed E-state index contributed by atoms with van der Waals surface area (Å²) in [6.45, 7) is 2.19. The molecule has 152 valence electrons. The highest BCUT2D eigenvalue weighted by atomic mass is 35.5. The summed E-state index contributed by atoms with van der Waals surface area (Å²) in [5, 5.41) is 2.11. The summed E-state index contributed by atoms with van der Waals surface area (Å²) in [5.74, 6) is 0.387. The maximum atomic E-state index is 12.7. The van der Waals surface area contributed by atoms with Gasteiger partial charge in [0.05, 0.1) is 12.8 Å². The zero-order valence-electron chi connectivity index (χ0n) is 15.2. The lowest BCUT2D eigenvalue weighted by molar-refractivity contribution is -0.137. The zero-order chi connectivity index (χ0) is 20.7. The van der Waals surface area contributed by atoms with Crippen molar-refractivity contribution in [2.45, 2.75) is 25.9 Å². The lowest BCUT2D eigenvalue weighted by Gasteiger charge is -2.13. The second-order valence-electron chi connectivity index (χ2n) is 5.64. The normalized spacial score (nSPS) is 12.0. The molecule has 1 atom stereocenters. The summed E-state index contributed by atoms with van der Waals surface area (Å²) in [6.07, 6.45) is -2.14. The minimum Gasteiger partial charge on any atom is -0.495 e. The van der Waals surface area contributed by atoms with Crippen LogP contribution in [0.2, 0.25) is 5.15 Å². The molecule has 11 heteroatoms. The first kappa shape index (κ1) is 22.3. The minimum atomic E-state index is -4.62. The van der Waals surface area contributed by atoms with Crippen LogP contribution in [0.5, 0.6) is 5.75 Å². The largest absolute Gasteiger partial charge is 0.507 e. The Bertz CT molecular complexity index is 837. The molecule has 0 saturated heterocycles. The Hall–Kier alpha value is -1.96. The number of hydrogen-bond acceptors (Lipinski definition) is 6. The van der Waals surface area contributed by atoms with Crippen molar-refractivity contribution in [3.8, 4) is 5.75 Å². The van der Waals surface area contributed by atoms with Gasteiger partial charge in [-0.25, -0.2) is 9.97 Å². The smallest absolute Gasteiger partial charge is 0.495 e. The highest BCUT2D eigenvalue weighted by Gasteiger charge is 2.34. The molecule has 28 heavy (non-hydrogen) atoms. The maximum absolute atomic E-state index is 12.7. The van der Waals surface area contributed by atoms with Crippen LogP contribution in [-0.4, -0.2) is 29.8 Å². The molecular weight excluding hydrogens is 418 g/mol. The van der Waals surface area contributed by atoms with Crippen molar-refractivity contribution < 1.29 is 27.0 Å². The monoisotopic (exact) mass is 436 g/mol. The minimum absolute atomic E-state index is 0.0826. The number of nitrogens with one attached hydrogen (secondary N) is 1. The van der Waals surface area contributed by atoms with Gasteiger partial charge in [0.25, 0.3) is 0 Å². The lowest BCUT2D eigenvalue weighted by Crippen LogP contribution is -2.09. The van der Waals surface area contributed by atoms with E-state index in [0.717, 1.165) is 5.56 Å². The SMILES string of the molecule is CC[P+](=O)OCCCc1ccc(Nc2ncc(C(F)(F)F)c(Cl)n2)c(OC)c1. The predicted molar refractivity (Wildman–Crippen MR) is 101 cm³/mol. The zero-order valence-corrected chi connectivity index (χ0v) is 16.9. The van der Waals surface area contributed by atoms with Crippen LogP contribution in [0.25, 0.3) is 0 Å². The number of hydrogen-bond donors (Lipinski definition) is 1. The van der Waals surface area contributed by atoms with E-state index in [0.29, 0.717) is 43.2 Å². The van der Waals surface area contributed by atoms with Crippen LogP contribution in [0.1, 0.15) is 24.5 Å². The van der Waals surface area contributed by atoms with Crippen molar-refractivity contribution in [3.63, 3.8) is 0 Å². The predicted octanol–water partition coefficient (Wildman–Crippen LogP) is 5.61. The molecule has 0 saturated carbocycles. The Morgan fingerprint density at radius 3 is 2.68 bits per heavy atom. The third kappa shape index (κ3) is 6.29. The highest BCUT2D eigenvalue weighted by Crippen LogP contribution is 2.34. The number of rotatable bonds is 9. The van der Waals surface area contributed by atoms with Crippen LogP contribution in [0.3, 0.4) is 0 Å². The Morgan fingerprint density at radius 2 is 2.07 bits per heavy atom. The topological polar surface area (TPSA) is 73.3 Å². The fourth-order valence-corrected chi connectivity index (χ4v) is 3.01. The third-order valence-electron chi connectivity index (χ3n) is 3.66. The molecule has 0 aliphatic carbocycles. The lowest BCUT2D eigenvalue weighted by atomic mass is 10.1. The Balaban J connectivity index is 2.06. The molecule has 2 rings (SSSR count). The fourth-order valence-electron chi connectivity index (χ4n) is 2.26. The van der Waals surface area contributed by atoms with E-state index in [2.05, 4.69) is 15.3 Å². The first-order valence-electron chi connectivity index (χ1n) is 8.35. The molecule has 6 nitrogen and oxygen atoms in total. The van der Waals surface area contributed by atoms with E-state index in [1.807, 2.05) is 6.07 Å². The molecular formula is C17H19ClF3N3O3P+. The molecule has 0 bridgehead atoms. The first-order chi connectivity index (χ1) is 13.2. The van der Waals surface area contributed by atoms with Gasteiger partial charge in [0.15, 0.2) is 6.16 Å². The number of halogens is 4. The van der Waals surface area contributed by atoms with Crippen molar-refractivity contribution in [1.29, 1.82) is 0 Å². The first-order valence-corrected chi connectivity index (χ1v) is 10.1. The van der Waals surface area contributed by atoms with E-state index in [9.17, 15) is 17.7 Å². The van der Waals surface area contributed by atoms with Crippen LogP contribution in [0.4, 0.5) is 24.8 Å².